The Morgan fingerprint density at radius 1 is 1.38 bits per heavy atom. The van der Waals surface area contributed by atoms with Gasteiger partial charge in [-0.15, -0.1) is 0 Å². The molecule has 1 amide bonds. The fourth-order valence-electron chi connectivity index (χ4n) is 2.64. The minimum Gasteiger partial charge on any atom is -0.381 e. The van der Waals surface area contributed by atoms with Crippen LogP contribution in [0.5, 0.6) is 0 Å². The van der Waals surface area contributed by atoms with Crippen LogP contribution in [0.25, 0.3) is 10.8 Å². The average molecular weight is 305 g/mol. The van der Waals surface area contributed by atoms with Crippen LogP contribution in [0.15, 0.2) is 30.5 Å². The lowest BCUT2D eigenvalue weighted by molar-refractivity contribution is 0.0952. The Morgan fingerprint density at radius 2 is 2.19 bits per heavy atom. The summed E-state index contributed by atoms with van der Waals surface area (Å²) in [7, 11) is 0. The Labute approximate surface area is 128 Å². The predicted octanol–water partition coefficient (Wildman–Crippen LogP) is 3.04. The monoisotopic (exact) mass is 304 g/mol. The molecule has 0 radical (unpaired) electrons. The third kappa shape index (κ3) is 3.17. The maximum atomic E-state index is 12.3. The molecule has 1 unspecified atom stereocenters. The summed E-state index contributed by atoms with van der Waals surface area (Å²) in [6.45, 7) is 2.30. The zero-order chi connectivity index (χ0) is 14.7. The molecule has 0 spiro atoms. The van der Waals surface area contributed by atoms with Crippen molar-refractivity contribution in [3.8, 4) is 0 Å². The summed E-state index contributed by atoms with van der Waals surface area (Å²) in [6.07, 6.45) is 3.57. The number of carbonyl (C=O) groups excluding carboxylic acids is 1. The van der Waals surface area contributed by atoms with Gasteiger partial charge in [-0.3, -0.25) is 4.79 Å². The largest absolute Gasteiger partial charge is 0.381 e. The summed E-state index contributed by atoms with van der Waals surface area (Å²) in [6, 6.07) is 7.54. The number of hydrogen-bond acceptors (Lipinski definition) is 3. The van der Waals surface area contributed by atoms with Gasteiger partial charge in [0.2, 0.25) is 0 Å². The molecule has 1 aliphatic heterocycles. The second kappa shape index (κ2) is 6.41. The number of fused-ring (bicyclic) bond motifs is 1. The maximum absolute atomic E-state index is 12.3. The first-order valence-corrected chi connectivity index (χ1v) is 7.52. The highest BCUT2D eigenvalue weighted by molar-refractivity contribution is 6.34. The molecular weight excluding hydrogens is 288 g/mol. The third-order valence-corrected chi connectivity index (χ3v) is 4.15. The zero-order valence-electron chi connectivity index (χ0n) is 11.6. The Kier molecular flexibility index (Phi) is 4.36. The van der Waals surface area contributed by atoms with Gasteiger partial charge in [-0.1, -0.05) is 35.9 Å². The minimum atomic E-state index is -0.103. The summed E-state index contributed by atoms with van der Waals surface area (Å²) in [4.78, 5) is 16.4. The number of pyridine rings is 1. The van der Waals surface area contributed by atoms with E-state index < -0.39 is 0 Å². The van der Waals surface area contributed by atoms with E-state index in [0.29, 0.717) is 23.2 Å². The molecule has 1 aliphatic rings. The molecule has 1 N–H and O–H groups in total. The maximum Gasteiger partial charge on any atom is 0.253 e. The fourth-order valence-corrected chi connectivity index (χ4v) is 2.85. The molecule has 5 heteroatoms. The van der Waals surface area contributed by atoms with Gasteiger partial charge in [0.05, 0.1) is 5.56 Å². The van der Waals surface area contributed by atoms with Crippen LogP contribution in [0.4, 0.5) is 0 Å². The number of nitrogens with one attached hydrogen (secondary N) is 1. The van der Waals surface area contributed by atoms with Crippen molar-refractivity contribution < 1.29 is 9.53 Å². The zero-order valence-corrected chi connectivity index (χ0v) is 12.4. The first-order chi connectivity index (χ1) is 10.3. The van der Waals surface area contributed by atoms with E-state index in [-0.39, 0.29) is 5.91 Å². The van der Waals surface area contributed by atoms with Crippen molar-refractivity contribution >= 4 is 28.3 Å². The van der Waals surface area contributed by atoms with Gasteiger partial charge in [0.1, 0.15) is 5.15 Å². The van der Waals surface area contributed by atoms with Crippen molar-refractivity contribution in [2.24, 2.45) is 5.92 Å². The fraction of sp³-hybridized carbons (Fsp3) is 0.375. The second-order valence-electron chi connectivity index (χ2n) is 5.28. The van der Waals surface area contributed by atoms with E-state index >= 15 is 0 Å². The van der Waals surface area contributed by atoms with E-state index in [1.807, 2.05) is 24.3 Å². The number of hydrogen-bond donors (Lipinski definition) is 1. The quantitative estimate of drug-likeness (QED) is 0.883. The van der Waals surface area contributed by atoms with Crippen LogP contribution >= 0.6 is 11.6 Å². The standard InChI is InChI=1S/C16H17ClN2O2/c17-15-13-4-2-1-3-12(13)14(9-19-15)16(20)18-7-5-11-6-8-21-10-11/h1-4,9,11H,5-8,10H2,(H,18,20). The topological polar surface area (TPSA) is 51.2 Å². The van der Waals surface area contributed by atoms with Crippen LogP contribution < -0.4 is 5.32 Å². The molecule has 1 aromatic carbocycles. The van der Waals surface area contributed by atoms with Gasteiger partial charge in [-0.05, 0) is 24.1 Å². The van der Waals surface area contributed by atoms with E-state index in [4.69, 9.17) is 16.3 Å². The van der Waals surface area contributed by atoms with E-state index in [1.165, 1.54) is 0 Å². The minimum absolute atomic E-state index is 0.103. The molecule has 3 rings (SSSR count). The Bertz CT molecular complexity index is 654. The highest BCUT2D eigenvalue weighted by atomic mass is 35.5. The van der Waals surface area contributed by atoms with Crippen molar-refractivity contribution in [3.63, 3.8) is 0 Å². The van der Waals surface area contributed by atoms with Crippen LogP contribution in [-0.4, -0.2) is 30.6 Å². The predicted molar refractivity (Wildman–Crippen MR) is 82.6 cm³/mol. The van der Waals surface area contributed by atoms with E-state index in [2.05, 4.69) is 10.3 Å². The van der Waals surface area contributed by atoms with Gasteiger partial charge < -0.3 is 10.1 Å². The summed E-state index contributed by atoms with van der Waals surface area (Å²) in [5.41, 5.74) is 0.567. The van der Waals surface area contributed by atoms with Crippen molar-refractivity contribution in [3.05, 3.63) is 41.2 Å². The van der Waals surface area contributed by atoms with Crippen LogP contribution in [-0.2, 0) is 4.74 Å². The van der Waals surface area contributed by atoms with Gasteiger partial charge in [0.25, 0.3) is 5.91 Å². The summed E-state index contributed by atoms with van der Waals surface area (Å²) in [5.74, 6) is 0.458. The van der Waals surface area contributed by atoms with Gasteiger partial charge in [0, 0.05) is 31.3 Å². The van der Waals surface area contributed by atoms with Crippen molar-refractivity contribution in [1.82, 2.24) is 10.3 Å². The number of aromatic nitrogens is 1. The van der Waals surface area contributed by atoms with Gasteiger partial charge in [0.15, 0.2) is 0 Å². The highest BCUT2D eigenvalue weighted by Gasteiger charge is 2.16. The van der Waals surface area contributed by atoms with Crippen LogP contribution in [0.1, 0.15) is 23.2 Å². The van der Waals surface area contributed by atoms with Crippen molar-refractivity contribution in [2.75, 3.05) is 19.8 Å². The van der Waals surface area contributed by atoms with Crippen LogP contribution in [0, 0.1) is 5.92 Å². The molecule has 4 nitrogen and oxygen atoms in total. The molecule has 0 aliphatic carbocycles. The molecule has 1 atom stereocenters. The molecular formula is C16H17ClN2O2. The molecule has 0 saturated carbocycles. The van der Waals surface area contributed by atoms with Gasteiger partial charge >= 0.3 is 0 Å². The van der Waals surface area contributed by atoms with Gasteiger partial charge in [-0.25, -0.2) is 4.98 Å². The summed E-state index contributed by atoms with van der Waals surface area (Å²) in [5, 5.41) is 5.02. The summed E-state index contributed by atoms with van der Waals surface area (Å²) < 4.78 is 5.33. The second-order valence-corrected chi connectivity index (χ2v) is 5.64. The first kappa shape index (κ1) is 14.3. The smallest absolute Gasteiger partial charge is 0.253 e. The lowest BCUT2D eigenvalue weighted by atomic mass is 10.0. The average Bonchev–Trinajstić information content (AvgIpc) is 3.01. The number of benzene rings is 1. The first-order valence-electron chi connectivity index (χ1n) is 7.15. The van der Waals surface area contributed by atoms with Crippen LogP contribution in [0.2, 0.25) is 5.15 Å². The van der Waals surface area contributed by atoms with Crippen molar-refractivity contribution in [1.29, 1.82) is 0 Å². The number of carbonyl (C=O) groups is 1. The third-order valence-electron chi connectivity index (χ3n) is 3.85. The molecule has 1 aromatic heterocycles. The van der Waals surface area contributed by atoms with Crippen LogP contribution in [0.3, 0.4) is 0 Å². The van der Waals surface area contributed by atoms with Gasteiger partial charge in [-0.2, -0.15) is 0 Å². The molecule has 1 saturated heterocycles. The van der Waals surface area contributed by atoms with E-state index in [0.717, 1.165) is 36.8 Å². The lowest BCUT2D eigenvalue weighted by Gasteiger charge is -2.10. The molecule has 0 bridgehead atoms. The highest BCUT2D eigenvalue weighted by Crippen LogP contribution is 2.24. The SMILES string of the molecule is O=C(NCCC1CCOC1)c1cnc(Cl)c2ccccc12. The van der Waals surface area contributed by atoms with Crippen molar-refractivity contribution in [2.45, 2.75) is 12.8 Å². The Balaban J connectivity index is 1.71. The Morgan fingerprint density at radius 3 is 2.95 bits per heavy atom. The van der Waals surface area contributed by atoms with E-state index in [1.54, 1.807) is 6.20 Å². The number of halogens is 1. The number of rotatable bonds is 4. The normalized spacial score (nSPS) is 18.0. The summed E-state index contributed by atoms with van der Waals surface area (Å²) >= 11 is 6.07. The Hall–Kier alpha value is -1.65. The molecule has 1 fully saturated rings. The molecule has 2 heterocycles. The molecule has 21 heavy (non-hydrogen) atoms. The molecule has 2 aromatic rings. The molecule has 110 valence electrons. The van der Waals surface area contributed by atoms with E-state index in [9.17, 15) is 4.79 Å². The lowest BCUT2D eigenvalue weighted by Crippen LogP contribution is -2.26. The number of amides is 1. The number of ether oxygens (including phenoxy) is 1. The number of nitrogens with zero attached hydrogens (tertiary/aromatic N) is 1.